The van der Waals surface area contributed by atoms with E-state index in [1.54, 1.807) is 13.0 Å². The third kappa shape index (κ3) is 10.6. The Labute approximate surface area is 207 Å². The number of alkyl halides is 6. The maximum atomic E-state index is 12.4. The summed E-state index contributed by atoms with van der Waals surface area (Å²) in [7, 11) is 0. The molecular formula is C26H31F6NO3. The lowest BCUT2D eigenvalue weighted by Gasteiger charge is -2.43. The van der Waals surface area contributed by atoms with Crippen LogP contribution in [0.1, 0.15) is 60.7 Å². The molecule has 1 amide bonds. The summed E-state index contributed by atoms with van der Waals surface area (Å²) in [5.74, 6) is 0.275. The molecule has 36 heavy (non-hydrogen) atoms. The van der Waals surface area contributed by atoms with Crippen molar-refractivity contribution in [3.05, 3.63) is 70.8 Å². The first kappa shape index (κ1) is 32.8. The van der Waals surface area contributed by atoms with Crippen LogP contribution in [0.25, 0.3) is 0 Å². The van der Waals surface area contributed by atoms with E-state index in [0.717, 1.165) is 37.1 Å². The van der Waals surface area contributed by atoms with Crippen LogP contribution in [0.2, 0.25) is 0 Å². The molecule has 0 unspecified atom stereocenters. The van der Waals surface area contributed by atoms with E-state index in [1.165, 1.54) is 18.2 Å². The third-order valence-corrected chi connectivity index (χ3v) is 5.52. The number of carbonyl (C=O) groups excluding carboxylic acids is 3. The van der Waals surface area contributed by atoms with Crippen molar-refractivity contribution in [2.75, 3.05) is 0 Å². The molecule has 0 atom stereocenters. The van der Waals surface area contributed by atoms with Gasteiger partial charge in [0.05, 0.1) is 11.1 Å². The SMILES string of the molecule is C=O.C=O.CC(C)(C)C1CC(NC(=O)c2ccc(C(F)(F)F)cc2)C1.Cc1cccc(C(F)(F)F)c1. The van der Waals surface area contributed by atoms with Crippen LogP contribution in [-0.4, -0.2) is 25.5 Å². The molecule has 0 bridgehead atoms. The van der Waals surface area contributed by atoms with Crippen molar-refractivity contribution in [1.29, 1.82) is 0 Å². The third-order valence-electron chi connectivity index (χ3n) is 5.52. The molecular weight excluding hydrogens is 488 g/mol. The zero-order chi connectivity index (χ0) is 28.3. The molecule has 1 aliphatic carbocycles. The molecule has 10 heteroatoms. The topological polar surface area (TPSA) is 63.2 Å². The highest BCUT2D eigenvalue weighted by molar-refractivity contribution is 5.94. The van der Waals surface area contributed by atoms with Crippen LogP contribution in [0.3, 0.4) is 0 Å². The van der Waals surface area contributed by atoms with Crippen LogP contribution in [0.15, 0.2) is 48.5 Å². The predicted octanol–water partition coefficient (Wildman–Crippen LogP) is 6.90. The van der Waals surface area contributed by atoms with Gasteiger partial charge in [-0.15, -0.1) is 0 Å². The molecule has 0 radical (unpaired) electrons. The molecule has 1 aliphatic rings. The minimum absolute atomic E-state index is 0.129. The number of benzene rings is 2. The minimum Gasteiger partial charge on any atom is -0.349 e. The minimum atomic E-state index is -4.37. The number of hydrogen-bond donors (Lipinski definition) is 1. The van der Waals surface area contributed by atoms with Gasteiger partial charge in [-0.3, -0.25) is 4.79 Å². The first-order valence-electron chi connectivity index (χ1n) is 10.8. The van der Waals surface area contributed by atoms with Crippen molar-refractivity contribution in [3.63, 3.8) is 0 Å². The maximum Gasteiger partial charge on any atom is 0.416 e. The number of rotatable bonds is 2. The van der Waals surface area contributed by atoms with E-state index in [-0.39, 0.29) is 22.9 Å². The predicted molar refractivity (Wildman–Crippen MR) is 125 cm³/mol. The van der Waals surface area contributed by atoms with Gasteiger partial charge >= 0.3 is 12.4 Å². The summed E-state index contributed by atoms with van der Waals surface area (Å²) in [5.41, 5.74) is -0.203. The molecule has 2 aromatic rings. The van der Waals surface area contributed by atoms with Gasteiger partial charge in [0.25, 0.3) is 5.91 Å². The molecule has 200 valence electrons. The number of nitrogens with one attached hydrogen (secondary N) is 1. The van der Waals surface area contributed by atoms with E-state index >= 15 is 0 Å². The van der Waals surface area contributed by atoms with E-state index in [2.05, 4.69) is 26.1 Å². The van der Waals surface area contributed by atoms with Crippen LogP contribution in [-0.2, 0) is 21.9 Å². The normalized spacial score (nSPS) is 16.9. The Balaban J connectivity index is 0.000000688. The van der Waals surface area contributed by atoms with Gasteiger partial charge in [-0.05, 0) is 61.4 Å². The van der Waals surface area contributed by atoms with Crippen LogP contribution in [0, 0.1) is 18.3 Å². The summed E-state index contributed by atoms with van der Waals surface area (Å²) in [4.78, 5) is 28.0. The van der Waals surface area contributed by atoms with E-state index in [4.69, 9.17) is 9.59 Å². The molecule has 0 aromatic heterocycles. The molecule has 2 aromatic carbocycles. The number of carbonyl (C=O) groups is 3. The van der Waals surface area contributed by atoms with E-state index < -0.39 is 23.5 Å². The van der Waals surface area contributed by atoms with Gasteiger partial charge in [-0.25, -0.2) is 0 Å². The molecule has 4 nitrogen and oxygen atoms in total. The standard InChI is InChI=1S/C16H20F3NO.C8H7F3.2CH2O/c1-15(2,3)12-8-13(9-12)20-14(21)10-4-6-11(7-5-10)16(17,18)19;1-6-3-2-4-7(5-6)8(9,10)11;2*1-2/h4-7,12-13H,8-9H2,1-3H3,(H,20,21);2-5H,1H3;2*1H2. The number of amides is 1. The van der Waals surface area contributed by atoms with Crippen molar-refractivity contribution < 1.29 is 40.7 Å². The first-order chi connectivity index (χ1) is 16.6. The highest BCUT2D eigenvalue weighted by Crippen LogP contribution is 2.41. The Morgan fingerprint density at radius 3 is 1.64 bits per heavy atom. The fourth-order valence-electron chi connectivity index (χ4n) is 3.34. The second-order valence-corrected chi connectivity index (χ2v) is 9.15. The fraction of sp³-hybridized carbons (Fsp3) is 0.423. The van der Waals surface area contributed by atoms with Gasteiger partial charge in [0.15, 0.2) is 0 Å². The number of aryl methyl sites for hydroxylation is 1. The van der Waals surface area contributed by atoms with E-state index in [0.29, 0.717) is 11.5 Å². The lowest BCUT2D eigenvalue weighted by atomic mass is 9.66. The lowest BCUT2D eigenvalue weighted by Crippen LogP contribution is -2.48. The summed E-state index contributed by atoms with van der Waals surface area (Å²) < 4.78 is 73.2. The quantitative estimate of drug-likeness (QED) is 0.439. The summed E-state index contributed by atoms with van der Waals surface area (Å²) in [6, 6.07) is 9.67. The van der Waals surface area contributed by atoms with Crippen molar-refractivity contribution >= 4 is 19.5 Å². The van der Waals surface area contributed by atoms with Crippen LogP contribution < -0.4 is 5.32 Å². The summed E-state index contributed by atoms with van der Waals surface area (Å²) in [6.45, 7) is 12.2. The largest absolute Gasteiger partial charge is 0.416 e. The zero-order valence-electron chi connectivity index (χ0n) is 20.6. The van der Waals surface area contributed by atoms with Gasteiger partial charge in [-0.2, -0.15) is 26.3 Å². The molecule has 1 saturated carbocycles. The highest BCUT2D eigenvalue weighted by Gasteiger charge is 2.38. The van der Waals surface area contributed by atoms with Gasteiger partial charge in [0.2, 0.25) is 0 Å². The molecule has 1 fully saturated rings. The Hall–Kier alpha value is -3.17. The second kappa shape index (κ2) is 13.8. The molecule has 0 spiro atoms. The van der Waals surface area contributed by atoms with E-state index in [1.807, 2.05) is 13.6 Å². The summed E-state index contributed by atoms with van der Waals surface area (Å²) in [5, 5.41) is 2.87. The van der Waals surface area contributed by atoms with Crippen molar-refractivity contribution in [2.24, 2.45) is 11.3 Å². The number of hydrogen-bond acceptors (Lipinski definition) is 3. The lowest BCUT2D eigenvalue weighted by molar-refractivity contribution is -0.138. The molecule has 1 N–H and O–H groups in total. The maximum absolute atomic E-state index is 12.4. The van der Waals surface area contributed by atoms with Gasteiger partial charge in [-0.1, -0.05) is 44.5 Å². The molecule has 0 aliphatic heterocycles. The molecule has 0 saturated heterocycles. The summed E-state index contributed by atoms with van der Waals surface area (Å²) >= 11 is 0. The van der Waals surface area contributed by atoms with Crippen molar-refractivity contribution in [3.8, 4) is 0 Å². The zero-order valence-corrected chi connectivity index (χ0v) is 20.6. The Morgan fingerprint density at radius 1 is 0.806 bits per heavy atom. The van der Waals surface area contributed by atoms with Crippen molar-refractivity contribution in [1.82, 2.24) is 5.32 Å². The average molecular weight is 520 g/mol. The van der Waals surface area contributed by atoms with Crippen LogP contribution >= 0.6 is 0 Å². The molecule has 3 rings (SSSR count). The Morgan fingerprint density at radius 2 is 1.28 bits per heavy atom. The fourth-order valence-corrected chi connectivity index (χ4v) is 3.34. The second-order valence-electron chi connectivity index (χ2n) is 9.15. The first-order valence-corrected chi connectivity index (χ1v) is 10.8. The number of halogens is 6. The Bertz CT molecular complexity index is 942. The van der Waals surface area contributed by atoms with Crippen LogP contribution in [0.4, 0.5) is 26.3 Å². The van der Waals surface area contributed by atoms with Crippen molar-refractivity contribution in [2.45, 2.75) is 58.9 Å². The van der Waals surface area contributed by atoms with Crippen LogP contribution in [0.5, 0.6) is 0 Å². The van der Waals surface area contributed by atoms with Gasteiger partial charge < -0.3 is 14.9 Å². The van der Waals surface area contributed by atoms with Gasteiger partial charge in [0.1, 0.15) is 13.6 Å². The highest BCUT2D eigenvalue weighted by atomic mass is 19.4. The van der Waals surface area contributed by atoms with Gasteiger partial charge in [0, 0.05) is 11.6 Å². The smallest absolute Gasteiger partial charge is 0.349 e. The summed E-state index contributed by atoms with van der Waals surface area (Å²) in [6.07, 6.45) is -6.74. The van der Waals surface area contributed by atoms with E-state index in [9.17, 15) is 31.1 Å². The Kier molecular flexibility index (Phi) is 12.6. The molecule has 0 heterocycles. The average Bonchev–Trinajstić information content (AvgIpc) is 2.77. The monoisotopic (exact) mass is 519 g/mol.